The van der Waals surface area contributed by atoms with Gasteiger partial charge in [-0.05, 0) is 37.1 Å². The van der Waals surface area contributed by atoms with Crippen LogP contribution in [0.4, 0.5) is 0 Å². The second-order valence-corrected chi connectivity index (χ2v) is 7.69. The van der Waals surface area contributed by atoms with Gasteiger partial charge >= 0.3 is 0 Å². The number of nitrogens with zero attached hydrogens (tertiary/aromatic N) is 4. The summed E-state index contributed by atoms with van der Waals surface area (Å²) in [5, 5.41) is 0. The zero-order valence-electron chi connectivity index (χ0n) is 16.2. The summed E-state index contributed by atoms with van der Waals surface area (Å²) >= 11 is 0. The van der Waals surface area contributed by atoms with Crippen molar-refractivity contribution in [3.8, 4) is 5.69 Å². The van der Waals surface area contributed by atoms with E-state index in [0.717, 1.165) is 31.9 Å². The number of imidazole rings is 1. The van der Waals surface area contributed by atoms with Crippen LogP contribution in [0.25, 0.3) is 5.69 Å². The van der Waals surface area contributed by atoms with Crippen LogP contribution in [0.1, 0.15) is 25.0 Å². The van der Waals surface area contributed by atoms with Crippen molar-refractivity contribution in [1.82, 2.24) is 19.4 Å². The maximum Gasteiger partial charge on any atom is 0.0991 e. The summed E-state index contributed by atoms with van der Waals surface area (Å²) in [5.41, 5.74) is 3.93. The lowest BCUT2D eigenvalue weighted by Crippen LogP contribution is -2.55. The predicted octanol–water partition coefficient (Wildman–Crippen LogP) is 3.97. The molecule has 1 aliphatic rings. The molecule has 27 heavy (non-hydrogen) atoms. The fourth-order valence-electron chi connectivity index (χ4n) is 4.14. The molecular weight excluding hydrogens is 332 g/mol. The lowest BCUT2D eigenvalue weighted by atomic mass is 10.0. The molecule has 4 nitrogen and oxygen atoms in total. The van der Waals surface area contributed by atoms with E-state index < -0.39 is 0 Å². The Morgan fingerprint density at radius 1 is 0.852 bits per heavy atom. The lowest BCUT2D eigenvalue weighted by Gasteiger charge is -2.44. The first-order chi connectivity index (χ1) is 13.2. The molecule has 2 heterocycles. The molecule has 0 radical (unpaired) electrons. The fraction of sp³-hybridized carbons (Fsp3) is 0.348. The number of hydrogen-bond donors (Lipinski definition) is 0. The maximum absolute atomic E-state index is 4.12. The third kappa shape index (κ3) is 4.29. The van der Waals surface area contributed by atoms with Crippen molar-refractivity contribution in [3.63, 3.8) is 0 Å². The first-order valence-electron chi connectivity index (χ1n) is 9.78. The van der Waals surface area contributed by atoms with Gasteiger partial charge in [0, 0.05) is 56.3 Å². The van der Waals surface area contributed by atoms with E-state index in [1.807, 2.05) is 23.3 Å². The predicted molar refractivity (Wildman–Crippen MR) is 110 cm³/mol. The summed E-state index contributed by atoms with van der Waals surface area (Å²) in [4.78, 5) is 9.34. The van der Waals surface area contributed by atoms with E-state index in [2.05, 4.69) is 83.2 Å². The van der Waals surface area contributed by atoms with E-state index in [4.69, 9.17) is 0 Å². The van der Waals surface area contributed by atoms with Gasteiger partial charge in [0.2, 0.25) is 0 Å². The number of piperazine rings is 1. The minimum Gasteiger partial charge on any atom is -0.306 e. The van der Waals surface area contributed by atoms with Gasteiger partial charge in [0.15, 0.2) is 0 Å². The third-order valence-electron chi connectivity index (χ3n) is 5.53. The first-order valence-corrected chi connectivity index (χ1v) is 9.78. The molecule has 1 saturated heterocycles. The highest BCUT2D eigenvalue weighted by Crippen LogP contribution is 2.21. The Bertz CT molecular complexity index is 815. The van der Waals surface area contributed by atoms with Crippen LogP contribution in [0.2, 0.25) is 0 Å². The Morgan fingerprint density at radius 2 is 1.52 bits per heavy atom. The molecule has 3 aromatic rings. The summed E-state index contributed by atoms with van der Waals surface area (Å²) < 4.78 is 2.04. The van der Waals surface area contributed by atoms with Gasteiger partial charge in [0.1, 0.15) is 0 Å². The van der Waals surface area contributed by atoms with Crippen LogP contribution in [-0.2, 0) is 13.1 Å². The van der Waals surface area contributed by atoms with Crippen molar-refractivity contribution in [2.45, 2.75) is 39.0 Å². The second kappa shape index (κ2) is 8.07. The van der Waals surface area contributed by atoms with Crippen LogP contribution in [0, 0.1) is 0 Å². The second-order valence-electron chi connectivity index (χ2n) is 7.69. The van der Waals surface area contributed by atoms with Gasteiger partial charge in [-0.25, -0.2) is 4.98 Å². The van der Waals surface area contributed by atoms with Gasteiger partial charge in [-0.2, -0.15) is 0 Å². The highest BCUT2D eigenvalue weighted by atomic mass is 15.3. The summed E-state index contributed by atoms with van der Waals surface area (Å²) in [6.07, 6.45) is 5.63. The van der Waals surface area contributed by atoms with Crippen molar-refractivity contribution in [3.05, 3.63) is 84.4 Å². The van der Waals surface area contributed by atoms with Gasteiger partial charge in [-0.3, -0.25) is 9.80 Å². The average molecular weight is 361 g/mol. The number of rotatable bonds is 5. The number of aromatic nitrogens is 2. The minimum absolute atomic E-state index is 0.555. The molecule has 1 aromatic heterocycles. The molecule has 1 aliphatic heterocycles. The Morgan fingerprint density at radius 3 is 2.15 bits per heavy atom. The molecule has 2 aromatic carbocycles. The van der Waals surface area contributed by atoms with Crippen LogP contribution in [0.5, 0.6) is 0 Å². The highest BCUT2D eigenvalue weighted by molar-refractivity contribution is 5.34. The van der Waals surface area contributed by atoms with Gasteiger partial charge in [0.25, 0.3) is 0 Å². The molecule has 4 heteroatoms. The standard InChI is InChI=1S/C23H28N4/c1-19-14-25(15-20(2)27(19)17-21-6-4-3-5-7-21)16-22-8-10-23(11-9-22)26-13-12-24-18-26/h3-13,18-20H,14-17H2,1-2H3/t19-,20+. The van der Waals surface area contributed by atoms with Crippen LogP contribution in [0.3, 0.4) is 0 Å². The summed E-state index contributed by atoms with van der Waals surface area (Å²) in [6, 6.07) is 20.8. The van der Waals surface area contributed by atoms with Gasteiger partial charge in [-0.15, -0.1) is 0 Å². The largest absolute Gasteiger partial charge is 0.306 e. The normalized spacial score (nSPS) is 21.4. The molecule has 0 unspecified atom stereocenters. The molecule has 4 rings (SSSR count). The molecule has 0 aliphatic carbocycles. The smallest absolute Gasteiger partial charge is 0.0991 e. The molecule has 1 fully saturated rings. The zero-order chi connectivity index (χ0) is 18.6. The minimum atomic E-state index is 0.555. The van der Waals surface area contributed by atoms with Gasteiger partial charge in [0.05, 0.1) is 6.33 Å². The van der Waals surface area contributed by atoms with E-state index >= 15 is 0 Å². The summed E-state index contributed by atoms with van der Waals surface area (Å²) in [6.45, 7) is 8.98. The number of benzene rings is 2. The third-order valence-corrected chi connectivity index (χ3v) is 5.53. The topological polar surface area (TPSA) is 24.3 Å². The van der Waals surface area contributed by atoms with Crippen molar-refractivity contribution in [1.29, 1.82) is 0 Å². The van der Waals surface area contributed by atoms with Crippen molar-refractivity contribution in [2.75, 3.05) is 13.1 Å². The molecular formula is C23H28N4. The van der Waals surface area contributed by atoms with E-state index in [9.17, 15) is 0 Å². The quantitative estimate of drug-likeness (QED) is 0.688. The van der Waals surface area contributed by atoms with Gasteiger partial charge < -0.3 is 4.57 Å². The van der Waals surface area contributed by atoms with E-state index in [1.54, 1.807) is 0 Å². The Kier molecular flexibility index (Phi) is 5.37. The summed E-state index contributed by atoms with van der Waals surface area (Å²) in [7, 11) is 0. The fourth-order valence-corrected chi connectivity index (χ4v) is 4.14. The lowest BCUT2D eigenvalue weighted by molar-refractivity contribution is 0.0290. The summed E-state index contributed by atoms with van der Waals surface area (Å²) in [5.74, 6) is 0. The van der Waals surface area contributed by atoms with Crippen LogP contribution in [-0.4, -0.2) is 44.5 Å². The van der Waals surface area contributed by atoms with Crippen LogP contribution >= 0.6 is 0 Å². The molecule has 0 amide bonds. The van der Waals surface area contributed by atoms with Gasteiger partial charge in [-0.1, -0.05) is 42.5 Å². The van der Waals surface area contributed by atoms with Crippen LogP contribution in [0.15, 0.2) is 73.3 Å². The molecule has 0 spiro atoms. The zero-order valence-corrected chi connectivity index (χ0v) is 16.2. The molecule has 2 atom stereocenters. The number of hydrogen-bond acceptors (Lipinski definition) is 3. The maximum atomic E-state index is 4.12. The van der Waals surface area contributed by atoms with Crippen molar-refractivity contribution in [2.24, 2.45) is 0 Å². The molecule has 0 bridgehead atoms. The molecule has 0 N–H and O–H groups in total. The molecule has 140 valence electrons. The Balaban J connectivity index is 1.37. The Hall–Kier alpha value is -2.43. The Labute approximate surface area is 162 Å². The monoisotopic (exact) mass is 360 g/mol. The van der Waals surface area contributed by atoms with Crippen molar-refractivity contribution >= 4 is 0 Å². The highest BCUT2D eigenvalue weighted by Gasteiger charge is 2.29. The van der Waals surface area contributed by atoms with E-state index in [1.165, 1.54) is 11.1 Å². The first kappa shape index (κ1) is 18.0. The van der Waals surface area contributed by atoms with Crippen molar-refractivity contribution < 1.29 is 0 Å². The van der Waals surface area contributed by atoms with E-state index in [-0.39, 0.29) is 0 Å². The van der Waals surface area contributed by atoms with E-state index in [0.29, 0.717) is 12.1 Å². The van der Waals surface area contributed by atoms with Crippen LogP contribution < -0.4 is 0 Å². The average Bonchev–Trinajstić information content (AvgIpc) is 3.21. The molecule has 0 saturated carbocycles. The SMILES string of the molecule is C[C@@H]1CN(Cc2ccc(-n3ccnc3)cc2)C[C@H](C)N1Cc1ccccc1.